The lowest BCUT2D eigenvalue weighted by Gasteiger charge is -2.22. The molecule has 0 spiro atoms. The fraction of sp³-hybridized carbons (Fsp3) is 0.333. The van der Waals surface area contributed by atoms with Crippen molar-refractivity contribution in [3.05, 3.63) is 65.0 Å². The van der Waals surface area contributed by atoms with Gasteiger partial charge in [-0.1, -0.05) is 31.4 Å². The molecule has 9 heteroatoms. The number of carbonyl (C=O) groups excluding carboxylic acids is 2. The summed E-state index contributed by atoms with van der Waals surface area (Å²) in [5.74, 6) is -0.0344. The quantitative estimate of drug-likeness (QED) is 0.481. The van der Waals surface area contributed by atoms with E-state index in [1.54, 1.807) is 29.8 Å². The number of aromatic nitrogens is 2. The molecule has 2 heterocycles. The molecule has 2 N–H and O–H groups in total. The van der Waals surface area contributed by atoms with Crippen LogP contribution in [0.1, 0.15) is 48.2 Å². The van der Waals surface area contributed by atoms with Crippen molar-refractivity contribution in [2.24, 2.45) is 5.92 Å². The minimum absolute atomic E-state index is 0.00467. The normalized spacial score (nSPS) is 14.0. The second-order valence-corrected chi connectivity index (χ2v) is 8.83. The van der Waals surface area contributed by atoms with Crippen LogP contribution in [0, 0.1) is 11.7 Å². The number of hydrogen-bond donors (Lipinski definition) is 2. The second-order valence-electron chi connectivity index (χ2n) is 7.97. The van der Waals surface area contributed by atoms with Crippen LogP contribution in [0.25, 0.3) is 0 Å². The Morgan fingerprint density at radius 2 is 1.91 bits per heavy atom. The molecular weight excluding hydrogens is 443 g/mol. The number of nitrogens with zero attached hydrogens (tertiary/aromatic N) is 2. The summed E-state index contributed by atoms with van der Waals surface area (Å²) in [5.41, 5.74) is 0.421. The molecule has 1 aromatic carbocycles. The number of ether oxygens (including phenoxy) is 1. The highest BCUT2D eigenvalue weighted by Gasteiger charge is 2.17. The van der Waals surface area contributed by atoms with E-state index >= 15 is 0 Å². The van der Waals surface area contributed by atoms with E-state index in [2.05, 4.69) is 20.6 Å². The van der Waals surface area contributed by atoms with E-state index in [0.29, 0.717) is 34.9 Å². The van der Waals surface area contributed by atoms with Gasteiger partial charge in [0.1, 0.15) is 5.82 Å². The third kappa shape index (κ3) is 6.35. The van der Waals surface area contributed by atoms with Crippen LogP contribution in [0.3, 0.4) is 0 Å². The minimum atomic E-state index is -0.608. The Hall–Kier alpha value is -3.33. The van der Waals surface area contributed by atoms with Crippen molar-refractivity contribution in [3.8, 4) is 5.75 Å². The molecule has 4 rings (SSSR count). The summed E-state index contributed by atoms with van der Waals surface area (Å²) in [4.78, 5) is 33.3. The van der Waals surface area contributed by atoms with Gasteiger partial charge in [-0.05, 0) is 43.0 Å². The molecule has 33 heavy (non-hydrogen) atoms. The number of carbonyl (C=O) groups is 2. The van der Waals surface area contributed by atoms with E-state index in [4.69, 9.17) is 4.74 Å². The summed E-state index contributed by atoms with van der Waals surface area (Å²) >= 11 is 1.17. The van der Waals surface area contributed by atoms with Crippen molar-refractivity contribution in [1.82, 2.24) is 9.97 Å². The van der Waals surface area contributed by atoms with Crippen molar-refractivity contribution in [1.29, 1.82) is 0 Å². The van der Waals surface area contributed by atoms with Gasteiger partial charge in [0, 0.05) is 11.6 Å². The predicted molar refractivity (Wildman–Crippen MR) is 125 cm³/mol. The van der Waals surface area contributed by atoms with Crippen LogP contribution in [0.2, 0.25) is 0 Å². The van der Waals surface area contributed by atoms with Gasteiger partial charge in [0.2, 0.25) is 5.91 Å². The summed E-state index contributed by atoms with van der Waals surface area (Å²) in [7, 11) is 0. The number of amides is 2. The molecular formula is C24H25FN4O3S. The molecule has 1 aliphatic carbocycles. The highest BCUT2D eigenvalue weighted by molar-refractivity contribution is 7.14. The number of benzene rings is 1. The molecule has 0 bridgehead atoms. The maximum Gasteiger partial charge on any atom is 0.260 e. The molecule has 0 radical (unpaired) electrons. The number of halogens is 1. The first-order valence-corrected chi connectivity index (χ1v) is 11.8. The van der Waals surface area contributed by atoms with E-state index < -0.39 is 11.7 Å². The lowest BCUT2D eigenvalue weighted by molar-refractivity contribution is -0.115. The average Bonchev–Trinajstić information content (AvgIpc) is 3.25. The van der Waals surface area contributed by atoms with E-state index in [0.717, 1.165) is 0 Å². The molecule has 1 saturated carbocycles. The smallest absolute Gasteiger partial charge is 0.260 e. The third-order valence-electron chi connectivity index (χ3n) is 5.46. The zero-order valence-corrected chi connectivity index (χ0v) is 18.9. The monoisotopic (exact) mass is 468 g/mol. The topological polar surface area (TPSA) is 93.2 Å². The number of anilines is 2. The van der Waals surface area contributed by atoms with Crippen LogP contribution in [-0.4, -0.2) is 28.4 Å². The molecule has 7 nitrogen and oxygen atoms in total. The summed E-state index contributed by atoms with van der Waals surface area (Å²) < 4.78 is 19.7. The van der Waals surface area contributed by atoms with Crippen LogP contribution in [0.15, 0.2) is 48.0 Å². The van der Waals surface area contributed by atoms with E-state index in [-0.39, 0.29) is 17.9 Å². The van der Waals surface area contributed by atoms with E-state index in [1.165, 1.54) is 61.6 Å². The number of pyridine rings is 1. The van der Waals surface area contributed by atoms with Crippen LogP contribution >= 0.6 is 11.3 Å². The van der Waals surface area contributed by atoms with E-state index in [1.807, 2.05) is 0 Å². The molecule has 0 atom stereocenters. The Bertz CT molecular complexity index is 1110. The van der Waals surface area contributed by atoms with E-state index in [9.17, 15) is 14.0 Å². The second kappa shape index (κ2) is 11.0. The molecule has 1 aliphatic rings. The van der Waals surface area contributed by atoms with Gasteiger partial charge in [0.05, 0.1) is 24.3 Å². The first-order chi connectivity index (χ1) is 16.1. The van der Waals surface area contributed by atoms with Gasteiger partial charge in [-0.2, -0.15) is 0 Å². The summed E-state index contributed by atoms with van der Waals surface area (Å²) in [6, 6.07) is 9.28. The summed E-state index contributed by atoms with van der Waals surface area (Å²) in [5, 5.41) is 7.31. The highest BCUT2D eigenvalue weighted by atomic mass is 32.1. The van der Waals surface area contributed by atoms with Gasteiger partial charge in [-0.15, -0.1) is 11.3 Å². The predicted octanol–water partition coefficient (Wildman–Crippen LogP) is 5.07. The fourth-order valence-corrected chi connectivity index (χ4v) is 4.46. The van der Waals surface area contributed by atoms with Gasteiger partial charge < -0.3 is 10.1 Å². The number of hydrogen-bond acceptors (Lipinski definition) is 6. The molecule has 172 valence electrons. The molecule has 0 saturated heterocycles. The fourth-order valence-electron chi connectivity index (χ4n) is 3.76. The lowest BCUT2D eigenvalue weighted by Crippen LogP contribution is -2.19. The summed E-state index contributed by atoms with van der Waals surface area (Å²) in [6.45, 7) is 0.617. The Balaban J connectivity index is 1.32. The van der Waals surface area contributed by atoms with Crippen molar-refractivity contribution in [2.45, 2.75) is 38.5 Å². The van der Waals surface area contributed by atoms with Gasteiger partial charge >= 0.3 is 0 Å². The molecule has 0 unspecified atom stereocenters. The van der Waals surface area contributed by atoms with Crippen molar-refractivity contribution >= 4 is 34.1 Å². The maximum atomic E-state index is 13.8. The molecule has 2 amide bonds. The highest BCUT2D eigenvalue weighted by Crippen LogP contribution is 2.27. The molecule has 2 aromatic heterocycles. The van der Waals surface area contributed by atoms with Gasteiger partial charge in [0.15, 0.2) is 16.7 Å². The first-order valence-electron chi connectivity index (χ1n) is 11.0. The largest absolute Gasteiger partial charge is 0.489 e. The minimum Gasteiger partial charge on any atom is -0.489 e. The Morgan fingerprint density at radius 1 is 1.09 bits per heavy atom. The average molecular weight is 469 g/mol. The summed E-state index contributed by atoms with van der Waals surface area (Å²) in [6.07, 6.45) is 7.70. The SMILES string of the molecule is O=C(Cc1csc(NC(=O)c2ccccc2F)n1)Nc1ncccc1OCC1CCCCC1. The maximum absolute atomic E-state index is 13.8. The lowest BCUT2D eigenvalue weighted by atomic mass is 9.90. The van der Waals surface area contributed by atoms with Crippen LogP contribution in [-0.2, 0) is 11.2 Å². The number of rotatable bonds is 8. The number of nitrogens with one attached hydrogen (secondary N) is 2. The zero-order valence-electron chi connectivity index (χ0n) is 18.1. The Labute approximate surface area is 195 Å². The number of thiazole rings is 1. The van der Waals surface area contributed by atoms with Crippen LogP contribution in [0.4, 0.5) is 15.3 Å². The van der Waals surface area contributed by atoms with Crippen LogP contribution in [0.5, 0.6) is 5.75 Å². The van der Waals surface area contributed by atoms with Gasteiger partial charge in [-0.25, -0.2) is 14.4 Å². The van der Waals surface area contributed by atoms with Gasteiger partial charge in [-0.3, -0.25) is 14.9 Å². The van der Waals surface area contributed by atoms with Crippen molar-refractivity contribution < 1.29 is 18.7 Å². The first kappa shape index (κ1) is 22.8. The third-order valence-corrected chi connectivity index (χ3v) is 6.27. The standard InChI is InChI=1S/C24H25FN4O3S/c25-19-10-5-4-9-18(19)23(31)29-24-27-17(15-33-24)13-21(30)28-22-20(11-6-12-26-22)32-14-16-7-2-1-3-8-16/h4-6,9-12,15-16H,1-3,7-8,13-14H2,(H,26,28,30)(H,27,29,31). The molecule has 1 fully saturated rings. The van der Waals surface area contributed by atoms with Crippen LogP contribution < -0.4 is 15.4 Å². The van der Waals surface area contributed by atoms with Crippen molar-refractivity contribution in [2.75, 3.05) is 17.2 Å². The Morgan fingerprint density at radius 3 is 2.73 bits per heavy atom. The van der Waals surface area contributed by atoms with Gasteiger partial charge in [0.25, 0.3) is 5.91 Å². The zero-order chi connectivity index (χ0) is 23.0. The molecule has 3 aromatic rings. The van der Waals surface area contributed by atoms with Crippen molar-refractivity contribution in [3.63, 3.8) is 0 Å². The Kier molecular flexibility index (Phi) is 7.62. The molecule has 0 aliphatic heterocycles.